The van der Waals surface area contributed by atoms with Crippen molar-refractivity contribution in [1.29, 1.82) is 0 Å². The van der Waals surface area contributed by atoms with Crippen molar-refractivity contribution in [2.45, 2.75) is 11.9 Å². The quantitative estimate of drug-likeness (QED) is 0.508. The molecule has 92 valence electrons. The van der Waals surface area contributed by atoms with Crippen LogP contribution in [-0.4, -0.2) is 43.1 Å². The molecule has 4 nitrogen and oxygen atoms in total. The van der Waals surface area contributed by atoms with Gasteiger partial charge in [0.05, 0.1) is 0 Å². The van der Waals surface area contributed by atoms with Gasteiger partial charge in [-0.25, -0.2) is 0 Å². The predicted octanol–water partition coefficient (Wildman–Crippen LogP) is 1.11. The zero-order valence-electron chi connectivity index (χ0n) is 7.75. The van der Waals surface area contributed by atoms with E-state index in [1.165, 1.54) is 31.0 Å². The molecule has 0 spiro atoms. The molecule has 0 aromatic rings. The molecule has 0 bridgehead atoms. The molecule has 1 fully saturated rings. The highest BCUT2D eigenvalue weighted by atomic mass is 32.2. The highest BCUT2D eigenvalue weighted by molar-refractivity contribution is 7.99. The molecule has 0 radical (unpaired) electrons. The van der Waals surface area contributed by atoms with Crippen LogP contribution in [0.4, 0.5) is 13.2 Å². The summed E-state index contributed by atoms with van der Waals surface area (Å²) in [5, 5.41) is 3.33. The van der Waals surface area contributed by atoms with E-state index in [1.54, 1.807) is 0 Å². The van der Waals surface area contributed by atoms with Gasteiger partial charge in [-0.3, -0.25) is 4.55 Å². The minimum atomic E-state index is -5.84. The molecule has 1 aliphatic heterocycles. The van der Waals surface area contributed by atoms with Crippen LogP contribution in [0.15, 0.2) is 0 Å². The van der Waals surface area contributed by atoms with E-state index in [0.717, 1.165) is 0 Å². The lowest BCUT2D eigenvalue weighted by atomic mass is 10.5. The maximum atomic E-state index is 10.7. The standard InChI is InChI=1S/C5H11NS.CHF3O3S/c1-2-6-3-5-7-4-1;2-1(3,4)8(5,6)7/h6H,1-5H2;(H,5,6,7). The van der Waals surface area contributed by atoms with E-state index < -0.39 is 15.6 Å². The molecule has 0 aliphatic carbocycles. The van der Waals surface area contributed by atoms with Gasteiger partial charge in [0.25, 0.3) is 0 Å². The number of halogens is 3. The Balaban J connectivity index is 0.000000262. The van der Waals surface area contributed by atoms with E-state index in [2.05, 4.69) is 17.1 Å². The molecule has 0 atom stereocenters. The smallest absolute Gasteiger partial charge is 0.316 e. The fourth-order valence-corrected chi connectivity index (χ4v) is 1.51. The Morgan fingerprint density at radius 1 is 1.20 bits per heavy atom. The monoisotopic (exact) mass is 267 g/mol. The molecule has 0 aromatic carbocycles. The zero-order chi connectivity index (χ0) is 11.9. The van der Waals surface area contributed by atoms with Crippen LogP contribution in [-0.2, 0) is 10.1 Å². The van der Waals surface area contributed by atoms with Crippen molar-refractivity contribution < 1.29 is 26.1 Å². The van der Waals surface area contributed by atoms with Crippen molar-refractivity contribution in [3.63, 3.8) is 0 Å². The molecule has 0 amide bonds. The van der Waals surface area contributed by atoms with Crippen LogP contribution >= 0.6 is 11.8 Å². The van der Waals surface area contributed by atoms with Gasteiger partial charge in [0.1, 0.15) is 0 Å². The lowest BCUT2D eigenvalue weighted by Gasteiger charge is -1.97. The van der Waals surface area contributed by atoms with Crippen LogP contribution in [0, 0.1) is 0 Å². The first-order valence-corrected chi connectivity index (χ1v) is 6.67. The summed E-state index contributed by atoms with van der Waals surface area (Å²) >= 11 is 2.05. The average Bonchev–Trinajstić information content (AvgIpc) is 2.30. The van der Waals surface area contributed by atoms with Gasteiger partial charge in [-0.2, -0.15) is 33.4 Å². The van der Waals surface area contributed by atoms with Crippen LogP contribution in [0.1, 0.15) is 6.42 Å². The number of alkyl halides is 3. The summed E-state index contributed by atoms with van der Waals surface area (Å²) in [6, 6.07) is 0. The topological polar surface area (TPSA) is 66.4 Å². The Kier molecular flexibility index (Phi) is 6.57. The Morgan fingerprint density at radius 3 is 2.20 bits per heavy atom. The van der Waals surface area contributed by atoms with E-state index in [9.17, 15) is 13.2 Å². The van der Waals surface area contributed by atoms with Gasteiger partial charge in [-0.1, -0.05) is 0 Å². The minimum Gasteiger partial charge on any atom is -0.316 e. The van der Waals surface area contributed by atoms with Gasteiger partial charge in [0.2, 0.25) is 0 Å². The van der Waals surface area contributed by atoms with Crippen LogP contribution in [0.3, 0.4) is 0 Å². The van der Waals surface area contributed by atoms with E-state index >= 15 is 0 Å². The summed E-state index contributed by atoms with van der Waals surface area (Å²) in [5.41, 5.74) is -5.53. The fraction of sp³-hybridized carbons (Fsp3) is 1.00. The predicted molar refractivity (Wildman–Crippen MR) is 52.4 cm³/mol. The first kappa shape index (κ1) is 15.0. The average molecular weight is 267 g/mol. The largest absolute Gasteiger partial charge is 0.522 e. The van der Waals surface area contributed by atoms with Crippen molar-refractivity contribution >= 4 is 21.9 Å². The number of nitrogens with one attached hydrogen (secondary N) is 1. The molecule has 15 heavy (non-hydrogen) atoms. The molecule has 1 saturated heterocycles. The summed E-state index contributed by atoms with van der Waals surface area (Å²) in [6.07, 6.45) is 1.35. The Bertz CT molecular complexity index is 246. The molecule has 0 unspecified atom stereocenters. The summed E-state index contributed by atoms with van der Waals surface area (Å²) in [4.78, 5) is 0. The van der Waals surface area contributed by atoms with E-state index in [0.29, 0.717) is 0 Å². The molecule has 1 rings (SSSR count). The number of hydrogen-bond donors (Lipinski definition) is 2. The highest BCUT2D eigenvalue weighted by Crippen LogP contribution is 2.20. The lowest BCUT2D eigenvalue weighted by Crippen LogP contribution is -2.21. The molecule has 0 saturated carbocycles. The maximum absolute atomic E-state index is 10.7. The Hall–Kier alpha value is 0.01000. The summed E-state index contributed by atoms with van der Waals surface area (Å²) < 4.78 is 57.5. The molecule has 2 N–H and O–H groups in total. The summed E-state index contributed by atoms with van der Waals surface area (Å²) in [7, 11) is -5.84. The van der Waals surface area contributed by atoms with Crippen molar-refractivity contribution in [2.24, 2.45) is 0 Å². The van der Waals surface area contributed by atoms with Crippen LogP contribution in [0.25, 0.3) is 0 Å². The molecular weight excluding hydrogens is 255 g/mol. The van der Waals surface area contributed by atoms with E-state index in [1.807, 2.05) is 0 Å². The van der Waals surface area contributed by atoms with Crippen LogP contribution < -0.4 is 5.32 Å². The molecule has 1 heterocycles. The van der Waals surface area contributed by atoms with Gasteiger partial charge in [-0.05, 0) is 18.7 Å². The first-order chi connectivity index (χ1) is 6.75. The van der Waals surface area contributed by atoms with Crippen molar-refractivity contribution in [2.75, 3.05) is 24.6 Å². The van der Waals surface area contributed by atoms with Crippen LogP contribution in [0.2, 0.25) is 0 Å². The second-order valence-corrected chi connectivity index (χ2v) is 5.27. The van der Waals surface area contributed by atoms with Crippen LogP contribution in [0.5, 0.6) is 0 Å². The summed E-state index contributed by atoms with van der Waals surface area (Å²) in [6.45, 7) is 2.44. The van der Waals surface area contributed by atoms with Crippen molar-refractivity contribution in [3.05, 3.63) is 0 Å². The lowest BCUT2D eigenvalue weighted by molar-refractivity contribution is -0.0510. The second kappa shape index (κ2) is 6.56. The zero-order valence-corrected chi connectivity index (χ0v) is 9.38. The van der Waals surface area contributed by atoms with Crippen molar-refractivity contribution in [3.8, 4) is 0 Å². The highest BCUT2D eigenvalue weighted by Gasteiger charge is 2.44. The molecular formula is C6H12F3NO3S2. The summed E-state index contributed by atoms with van der Waals surface area (Å²) in [5.74, 6) is 2.66. The first-order valence-electron chi connectivity index (χ1n) is 4.07. The van der Waals surface area contributed by atoms with Gasteiger partial charge in [0, 0.05) is 12.3 Å². The third-order valence-corrected chi connectivity index (χ3v) is 3.01. The third-order valence-electron chi connectivity index (χ3n) is 1.36. The normalized spacial score (nSPS) is 18.7. The van der Waals surface area contributed by atoms with E-state index in [4.69, 9.17) is 13.0 Å². The SMILES string of the molecule is C1CNCCSC1.O=S(=O)(O)C(F)(F)F. The molecule has 9 heteroatoms. The van der Waals surface area contributed by atoms with Gasteiger partial charge in [-0.15, -0.1) is 0 Å². The number of rotatable bonds is 0. The maximum Gasteiger partial charge on any atom is 0.522 e. The number of thioether (sulfide) groups is 1. The van der Waals surface area contributed by atoms with Gasteiger partial charge < -0.3 is 5.32 Å². The Morgan fingerprint density at radius 2 is 1.73 bits per heavy atom. The van der Waals surface area contributed by atoms with Crippen molar-refractivity contribution in [1.82, 2.24) is 5.32 Å². The molecule has 1 aliphatic rings. The number of hydrogen-bond acceptors (Lipinski definition) is 4. The minimum absolute atomic E-state index is 1.21. The second-order valence-electron chi connectivity index (χ2n) is 2.64. The molecule has 0 aromatic heterocycles. The van der Waals surface area contributed by atoms with Gasteiger partial charge in [0.15, 0.2) is 0 Å². The van der Waals surface area contributed by atoms with Gasteiger partial charge >= 0.3 is 15.6 Å². The third kappa shape index (κ3) is 7.88. The fourth-order valence-electron chi connectivity index (χ4n) is 0.671. The Labute approximate surface area is 90.4 Å². The van der Waals surface area contributed by atoms with E-state index in [-0.39, 0.29) is 0 Å².